The van der Waals surface area contributed by atoms with Gasteiger partial charge >= 0.3 is 0 Å². The number of amides is 1. The summed E-state index contributed by atoms with van der Waals surface area (Å²) in [6.45, 7) is 1.88. The number of para-hydroxylation sites is 1. The van der Waals surface area contributed by atoms with E-state index in [1.807, 2.05) is 89.8 Å². The molecular weight excluding hydrogens is 405 g/mol. The maximum absolute atomic E-state index is 14.6. The molecular formula is C26H28NO3P. The molecule has 1 saturated heterocycles. The normalized spacial score (nSPS) is 15.8. The molecule has 3 aromatic rings. The molecule has 31 heavy (non-hydrogen) atoms. The first-order chi connectivity index (χ1) is 15.2. The van der Waals surface area contributed by atoms with Gasteiger partial charge in [-0.05, 0) is 37.0 Å². The zero-order chi connectivity index (χ0) is 21.5. The number of hydrogen-bond acceptors (Lipinski definition) is 3. The molecule has 1 amide bonds. The van der Waals surface area contributed by atoms with Crippen molar-refractivity contribution in [3.05, 3.63) is 90.5 Å². The van der Waals surface area contributed by atoms with E-state index in [1.54, 1.807) is 0 Å². The number of nitrogens with zero attached hydrogens (tertiary/aromatic N) is 1. The van der Waals surface area contributed by atoms with E-state index in [-0.39, 0.29) is 12.1 Å². The van der Waals surface area contributed by atoms with Crippen LogP contribution in [0.25, 0.3) is 0 Å². The van der Waals surface area contributed by atoms with Crippen molar-refractivity contribution in [2.45, 2.75) is 25.9 Å². The summed E-state index contributed by atoms with van der Waals surface area (Å²) in [6.07, 6.45) is 3.16. The Balaban J connectivity index is 1.67. The zero-order valence-corrected chi connectivity index (χ0v) is 18.5. The molecule has 1 fully saturated rings. The second kappa shape index (κ2) is 9.98. The maximum Gasteiger partial charge on any atom is 0.230 e. The standard InChI is InChI=1S/C26H28NO3P/c28-26(27-18-10-3-11-19-27)21-31(29,23-14-6-2-7-15-23)25-17-9-8-16-24(25)30-20-22-12-4-1-5-13-22/h1-2,4-9,12-17H,3,10-11,18-21H2/t31-/m1/s1. The van der Waals surface area contributed by atoms with Crippen LogP contribution in [0.1, 0.15) is 24.8 Å². The summed E-state index contributed by atoms with van der Waals surface area (Å²) >= 11 is 0. The molecule has 0 saturated carbocycles. The fraction of sp³-hybridized carbons (Fsp3) is 0.269. The summed E-state index contributed by atoms with van der Waals surface area (Å²) in [5, 5.41) is 1.30. The van der Waals surface area contributed by atoms with Crippen molar-refractivity contribution < 1.29 is 14.1 Å². The van der Waals surface area contributed by atoms with Crippen molar-refractivity contribution >= 4 is 23.7 Å². The number of ether oxygens (including phenoxy) is 1. The van der Waals surface area contributed by atoms with E-state index >= 15 is 0 Å². The first kappa shape index (κ1) is 21.4. The molecule has 5 heteroatoms. The minimum Gasteiger partial charge on any atom is -0.488 e. The molecule has 0 N–H and O–H groups in total. The third-order valence-corrected chi connectivity index (χ3v) is 8.73. The summed E-state index contributed by atoms with van der Waals surface area (Å²) in [6, 6.07) is 26.7. The number of carbonyl (C=O) groups excluding carboxylic acids is 1. The van der Waals surface area contributed by atoms with Gasteiger partial charge in [0.15, 0.2) is 7.14 Å². The highest BCUT2D eigenvalue weighted by molar-refractivity contribution is 7.79. The van der Waals surface area contributed by atoms with Gasteiger partial charge in [0.25, 0.3) is 0 Å². The highest BCUT2D eigenvalue weighted by atomic mass is 31.2. The van der Waals surface area contributed by atoms with Gasteiger partial charge in [0.05, 0.1) is 11.5 Å². The topological polar surface area (TPSA) is 46.6 Å². The fourth-order valence-corrected chi connectivity index (χ4v) is 6.72. The zero-order valence-electron chi connectivity index (χ0n) is 17.7. The monoisotopic (exact) mass is 433 g/mol. The Hall–Kier alpha value is -2.84. The third-order valence-electron chi connectivity index (χ3n) is 5.73. The van der Waals surface area contributed by atoms with E-state index in [9.17, 15) is 9.36 Å². The van der Waals surface area contributed by atoms with Crippen LogP contribution >= 0.6 is 7.14 Å². The van der Waals surface area contributed by atoms with Gasteiger partial charge in [-0.1, -0.05) is 72.8 Å². The Kier molecular flexibility index (Phi) is 6.89. The van der Waals surface area contributed by atoms with E-state index in [0.717, 1.165) is 37.9 Å². The van der Waals surface area contributed by atoms with Gasteiger partial charge in [-0.3, -0.25) is 4.79 Å². The number of piperidine rings is 1. The summed E-state index contributed by atoms with van der Waals surface area (Å²) in [7, 11) is -3.22. The van der Waals surface area contributed by atoms with Crippen LogP contribution in [-0.4, -0.2) is 30.1 Å². The Bertz CT molecular complexity index is 1050. The predicted molar refractivity (Wildman–Crippen MR) is 126 cm³/mol. The van der Waals surface area contributed by atoms with Gasteiger partial charge in [0.1, 0.15) is 12.4 Å². The quantitative estimate of drug-likeness (QED) is 0.512. The minimum atomic E-state index is -3.22. The Morgan fingerprint density at radius 3 is 2.13 bits per heavy atom. The molecule has 0 radical (unpaired) electrons. The van der Waals surface area contributed by atoms with Crippen molar-refractivity contribution in [3.8, 4) is 5.75 Å². The van der Waals surface area contributed by atoms with Crippen molar-refractivity contribution in [2.75, 3.05) is 19.3 Å². The third kappa shape index (κ3) is 5.08. The molecule has 4 rings (SSSR count). The van der Waals surface area contributed by atoms with Gasteiger partial charge in [-0.15, -0.1) is 0 Å². The average Bonchev–Trinajstić information content (AvgIpc) is 2.84. The van der Waals surface area contributed by atoms with Gasteiger partial charge in [-0.2, -0.15) is 0 Å². The molecule has 0 spiro atoms. The van der Waals surface area contributed by atoms with Crippen LogP contribution in [0.3, 0.4) is 0 Å². The van der Waals surface area contributed by atoms with Crippen molar-refractivity contribution in [2.24, 2.45) is 0 Å². The molecule has 3 aromatic carbocycles. The molecule has 0 unspecified atom stereocenters. The van der Waals surface area contributed by atoms with Crippen molar-refractivity contribution in [1.82, 2.24) is 4.90 Å². The second-order valence-electron chi connectivity index (χ2n) is 7.92. The summed E-state index contributed by atoms with van der Waals surface area (Å²) in [5.74, 6) is 0.537. The van der Waals surface area contributed by atoms with Crippen LogP contribution < -0.4 is 15.3 Å². The van der Waals surface area contributed by atoms with Crippen LogP contribution in [0, 0.1) is 0 Å². The number of likely N-dealkylation sites (tertiary alicyclic amines) is 1. The Morgan fingerprint density at radius 2 is 1.42 bits per heavy atom. The molecule has 0 aromatic heterocycles. The summed E-state index contributed by atoms with van der Waals surface area (Å²) in [4.78, 5) is 15.0. The van der Waals surface area contributed by atoms with Gasteiger partial charge in [0.2, 0.25) is 5.91 Å². The van der Waals surface area contributed by atoms with E-state index in [2.05, 4.69) is 0 Å². The van der Waals surface area contributed by atoms with E-state index < -0.39 is 7.14 Å². The Morgan fingerprint density at radius 1 is 0.806 bits per heavy atom. The van der Waals surface area contributed by atoms with Gasteiger partial charge < -0.3 is 14.2 Å². The molecule has 0 aliphatic carbocycles. The fourth-order valence-electron chi connectivity index (χ4n) is 4.03. The van der Waals surface area contributed by atoms with Crippen molar-refractivity contribution in [3.63, 3.8) is 0 Å². The Labute approximate surface area is 184 Å². The van der Waals surface area contributed by atoms with Gasteiger partial charge in [0, 0.05) is 18.4 Å². The van der Waals surface area contributed by atoms with E-state index in [1.165, 1.54) is 0 Å². The molecule has 1 aliphatic rings. The molecule has 4 nitrogen and oxygen atoms in total. The molecule has 1 atom stereocenters. The lowest BCUT2D eigenvalue weighted by Gasteiger charge is -2.29. The SMILES string of the molecule is O=C(C[P@@](=O)(c1ccccc1)c1ccccc1OCc1ccccc1)N1CCCCC1. The summed E-state index contributed by atoms with van der Waals surface area (Å²) in [5.41, 5.74) is 1.04. The van der Waals surface area contributed by atoms with Gasteiger partial charge in [-0.25, -0.2) is 0 Å². The highest BCUT2D eigenvalue weighted by Crippen LogP contribution is 2.46. The smallest absolute Gasteiger partial charge is 0.230 e. The number of carbonyl (C=O) groups is 1. The van der Waals surface area contributed by atoms with Crippen LogP contribution in [0.4, 0.5) is 0 Å². The first-order valence-corrected chi connectivity index (χ1v) is 12.7. The highest BCUT2D eigenvalue weighted by Gasteiger charge is 2.35. The lowest BCUT2D eigenvalue weighted by molar-refractivity contribution is -0.129. The number of benzene rings is 3. The predicted octanol–water partition coefficient (Wildman–Crippen LogP) is 4.59. The van der Waals surface area contributed by atoms with E-state index in [4.69, 9.17) is 4.74 Å². The largest absolute Gasteiger partial charge is 0.488 e. The lowest BCUT2D eigenvalue weighted by Crippen LogP contribution is -2.39. The summed E-state index contributed by atoms with van der Waals surface area (Å²) < 4.78 is 20.7. The van der Waals surface area contributed by atoms with Crippen LogP contribution in [0.5, 0.6) is 5.75 Å². The van der Waals surface area contributed by atoms with Crippen LogP contribution in [0.15, 0.2) is 84.9 Å². The van der Waals surface area contributed by atoms with Crippen molar-refractivity contribution in [1.29, 1.82) is 0 Å². The maximum atomic E-state index is 14.6. The molecule has 1 aliphatic heterocycles. The van der Waals surface area contributed by atoms with E-state index in [0.29, 0.717) is 23.0 Å². The number of hydrogen-bond donors (Lipinski definition) is 0. The van der Waals surface area contributed by atoms with Crippen LogP contribution in [-0.2, 0) is 16.0 Å². The molecule has 160 valence electrons. The number of rotatable bonds is 7. The minimum absolute atomic E-state index is 0.0112. The molecule has 0 bridgehead atoms. The lowest BCUT2D eigenvalue weighted by atomic mass is 10.1. The average molecular weight is 433 g/mol. The first-order valence-electron chi connectivity index (χ1n) is 10.9. The second-order valence-corrected chi connectivity index (χ2v) is 10.7. The van der Waals surface area contributed by atoms with Crippen LogP contribution in [0.2, 0.25) is 0 Å². The molecule has 1 heterocycles.